The molecule has 1 aromatic heterocycles. The minimum absolute atomic E-state index is 0.0495. The lowest BCUT2D eigenvalue weighted by Gasteiger charge is -2.06. The van der Waals surface area contributed by atoms with Crippen molar-refractivity contribution < 1.29 is 14.9 Å². The summed E-state index contributed by atoms with van der Waals surface area (Å²) in [5.41, 5.74) is 5.07. The van der Waals surface area contributed by atoms with E-state index in [1.807, 2.05) is 24.3 Å². The quantitative estimate of drug-likeness (QED) is 0.433. The van der Waals surface area contributed by atoms with Gasteiger partial charge in [0, 0.05) is 6.07 Å². The Morgan fingerprint density at radius 2 is 2.00 bits per heavy atom. The van der Waals surface area contributed by atoms with Gasteiger partial charge >= 0.3 is 0 Å². The number of amides is 1. The van der Waals surface area contributed by atoms with Crippen LogP contribution in [-0.2, 0) is 4.79 Å². The third-order valence-electron chi connectivity index (χ3n) is 3.28. The molecule has 0 fully saturated rings. The molecule has 122 valence electrons. The van der Waals surface area contributed by atoms with Gasteiger partial charge in [0.2, 0.25) is 5.52 Å². The van der Waals surface area contributed by atoms with E-state index in [-0.39, 0.29) is 17.4 Å². The molecule has 0 saturated carbocycles. The number of hydrazone groups is 1. The molecule has 0 unspecified atom stereocenters. The van der Waals surface area contributed by atoms with Gasteiger partial charge in [0.15, 0.2) is 0 Å². The van der Waals surface area contributed by atoms with Crippen molar-refractivity contribution in [3.63, 3.8) is 0 Å². The molecule has 3 aromatic rings. The predicted octanol–water partition coefficient (Wildman–Crippen LogP) is 2.42. The van der Waals surface area contributed by atoms with Crippen molar-refractivity contribution >= 4 is 44.9 Å². The summed E-state index contributed by atoms with van der Waals surface area (Å²) >= 11 is 3.07. The number of aromatic amines is 1. The number of fused-ring (bicyclic) bond motifs is 1. The first-order chi connectivity index (χ1) is 11.6. The summed E-state index contributed by atoms with van der Waals surface area (Å²) in [6.45, 7) is 1.78. The summed E-state index contributed by atoms with van der Waals surface area (Å²) in [6, 6.07) is 14.3. The number of hydrogen-bond acceptors (Lipinski definition) is 5. The molecule has 3 rings (SSSR count). The first-order valence-electron chi connectivity index (χ1n) is 7.26. The minimum atomic E-state index is -0.175. The van der Waals surface area contributed by atoms with Crippen molar-refractivity contribution in [2.75, 3.05) is 5.75 Å². The summed E-state index contributed by atoms with van der Waals surface area (Å²) in [6.07, 6.45) is 0. The van der Waals surface area contributed by atoms with Gasteiger partial charge in [-0.05, 0) is 30.3 Å². The number of para-hydroxylation sites is 1. The molecule has 1 amide bonds. The number of benzene rings is 2. The summed E-state index contributed by atoms with van der Waals surface area (Å²) in [7, 11) is 0. The molecular weight excluding hydrogens is 342 g/mol. The second-order valence-corrected chi connectivity index (χ2v) is 7.35. The number of rotatable bonds is 5. The highest BCUT2D eigenvalue weighted by molar-refractivity contribution is 8.01. The summed E-state index contributed by atoms with van der Waals surface area (Å²) in [4.78, 5) is 15.2. The van der Waals surface area contributed by atoms with Crippen LogP contribution in [0.25, 0.3) is 10.2 Å². The number of aromatic nitrogens is 1. The van der Waals surface area contributed by atoms with E-state index in [2.05, 4.69) is 15.5 Å². The number of thioether (sulfide) groups is 1. The number of thiazole rings is 1. The maximum absolute atomic E-state index is 11.9. The first kappa shape index (κ1) is 16.5. The molecule has 0 bridgehead atoms. The van der Waals surface area contributed by atoms with Gasteiger partial charge < -0.3 is 5.11 Å². The zero-order valence-electron chi connectivity index (χ0n) is 12.9. The van der Waals surface area contributed by atoms with Gasteiger partial charge in [-0.1, -0.05) is 47.7 Å². The van der Waals surface area contributed by atoms with Crippen molar-refractivity contribution in [1.29, 1.82) is 0 Å². The lowest BCUT2D eigenvalue weighted by atomic mass is 10.1. The lowest BCUT2D eigenvalue weighted by molar-refractivity contribution is -0.385. The third-order valence-corrected chi connectivity index (χ3v) is 5.52. The first-order valence-corrected chi connectivity index (χ1v) is 9.06. The van der Waals surface area contributed by atoms with Gasteiger partial charge in [-0.15, -0.1) is 5.75 Å². The molecule has 2 aromatic carbocycles. The van der Waals surface area contributed by atoms with Gasteiger partial charge in [0.1, 0.15) is 4.70 Å². The molecule has 0 aliphatic heterocycles. The number of carbonyl (C=O) groups is 1. The molecule has 24 heavy (non-hydrogen) atoms. The van der Waals surface area contributed by atoms with Crippen molar-refractivity contribution in [1.82, 2.24) is 5.43 Å². The van der Waals surface area contributed by atoms with E-state index in [0.29, 0.717) is 5.71 Å². The van der Waals surface area contributed by atoms with E-state index < -0.39 is 0 Å². The van der Waals surface area contributed by atoms with Crippen LogP contribution >= 0.6 is 23.1 Å². The van der Waals surface area contributed by atoms with Crippen LogP contribution in [0.15, 0.2) is 58.0 Å². The number of carbonyl (C=O) groups excluding carboxylic acids is 1. The van der Waals surface area contributed by atoms with Gasteiger partial charge in [-0.2, -0.15) is 10.1 Å². The average Bonchev–Trinajstić information content (AvgIpc) is 3.01. The minimum Gasteiger partial charge on any atom is -0.872 e. The van der Waals surface area contributed by atoms with Crippen LogP contribution in [0.4, 0.5) is 0 Å². The summed E-state index contributed by atoms with van der Waals surface area (Å²) in [5, 5.41) is 15.2. The third kappa shape index (κ3) is 4.12. The molecule has 0 atom stereocenters. The molecule has 0 radical (unpaired) electrons. The highest BCUT2D eigenvalue weighted by Crippen LogP contribution is 2.25. The Morgan fingerprint density at radius 3 is 2.75 bits per heavy atom. The molecule has 1 heterocycles. The van der Waals surface area contributed by atoms with Crippen molar-refractivity contribution in [2.24, 2.45) is 5.10 Å². The van der Waals surface area contributed by atoms with Gasteiger partial charge in [-0.25, -0.2) is 5.43 Å². The van der Waals surface area contributed by atoms with Crippen LogP contribution in [0.2, 0.25) is 0 Å². The summed E-state index contributed by atoms with van der Waals surface area (Å²) in [5.74, 6) is 0.0526. The topological polar surface area (TPSA) is 78.7 Å². The Hall–Kier alpha value is -2.38. The van der Waals surface area contributed by atoms with Crippen LogP contribution in [0, 0.1) is 0 Å². The van der Waals surface area contributed by atoms with E-state index in [1.54, 1.807) is 30.4 Å². The molecule has 0 spiro atoms. The van der Waals surface area contributed by atoms with E-state index in [4.69, 9.17) is 0 Å². The molecule has 0 aliphatic rings. The van der Waals surface area contributed by atoms with Gasteiger partial charge in [0.05, 0.1) is 11.5 Å². The zero-order chi connectivity index (χ0) is 16.9. The lowest BCUT2D eigenvalue weighted by Crippen LogP contribution is -2.21. The fraction of sp³-hybridized carbons (Fsp3) is 0.118. The smallest absolute Gasteiger partial charge is 0.297 e. The van der Waals surface area contributed by atoms with Gasteiger partial charge in [-0.3, -0.25) is 4.79 Å². The van der Waals surface area contributed by atoms with E-state index in [1.165, 1.54) is 23.9 Å². The molecule has 5 nitrogen and oxygen atoms in total. The van der Waals surface area contributed by atoms with E-state index >= 15 is 0 Å². The molecule has 7 heteroatoms. The standard InChI is InChI=1S/C17H15N3O2S2/c1-11(12-6-8-13(21)9-7-12)19-20-16(22)10-23-17-18-14-4-2-3-5-15(14)24-17/h2-9,21H,10H2,1H3,(H,20,22)/b19-11+. The predicted molar refractivity (Wildman–Crippen MR) is 95.3 cm³/mol. The molecule has 0 aliphatic carbocycles. The van der Waals surface area contributed by atoms with Crippen molar-refractivity contribution in [2.45, 2.75) is 11.3 Å². The summed E-state index contributed by atoms with van der Waals surface area (Å²) < 4.78 is 2.15. The number of hydrogen-bond donors (Lipinski definition) is 1. The van der Waals surface area contributed by atoms with Crippen LogP contribution in [-0.4, -0.2) is 17.4 Å². The monoisotopic (exact) mass is 357 g/mol. The maximum atomic E-state index is 11.9. The maximum Gasteiger partial charge on any atom is 0.297 e. The average molecular weight is 357 g/mol. The molecular formula is C17H15N3O2S2. The highest BCUT2D eigenvalue weighted by atomic mass is 32.2. The van der Waals surface area contributed by atoms with Crippen LogP contribution in [0.3, 0.4) is 0 Å². The second kappa shape index (κ2) is 7.46. The number of nitrogens with zero attached hydrogens (tertiary/aromatic N) is 1. The van der Waals surface area contributed by atoms with Crippen LogP contribution in [0.1, 0.15) is 12.5 Å². The van der Waals surface area contributed by atoms with Crippen molar-refractivity contribution in [3.05, 3.63) is 54.1 Å². The number of nitrogens with one attached hydrogen (secondary N) is 2. The zero-order valence-corrected chi connectivity index (χ0v) is 14.5. The van der Waals surface area contributed by atoms with Crippen LogP contribution in [0.5, 0.6) is 5.75 Å². The van der Waals surface area contributed by atoms with E-state index in [0.717, 1.165) is 20.1 Å². The van der Waals surface area contributed by atoms with Gasteiger partial charge in [0.25, 0.3) is 10.2 Å². The SMILES string of the molecule is C/C(=N\NC(=O)CSc1[nH+]c2ccccc2s1)c1ccc([O-])cc1. The largest absolute Gasteiger partial charge is 0.872 e. The Bertz CT molecular complexity index is 855. The molecule has 2 N–H and O–H groups in total. The highest BCUT2D eigenvalue weighted by Gasteiger charge is 2.12. The van der Waals surface area contributed by atoms with Crippen molar-refractivity contribution in [3.8, 4) is 5.75 Å². The fourth-order valence-electron chi connectivity index (χ4n) is 2.03. The van der Waals surface area contributed by atoms with Crippen LogP contribution < -0.4 is 15.5 Å². The van der Waals surface area contributed by atoms with E-state index in [9.17, 15) is 9.90 Å². The Morgan fingerprint density at radius 1 is 1.25 bits per heavy atom. The normalized spacial score (nSPS) is 11.6. The second-order valence-electron chi connectivity index (χ2n) is 5.06. The molecule has 0 saturated heterocycles. The fourth-order valence-corrected chi connectivity index (χ4v) is 3.96. The Labute approximate surface area is 147 Å². The Kier molecular flexibility index (Phi) is 5.12. The number of H-pyrrole nitrogens is 1. The Balaban J connectivity index is 1.55.